The van der Waals surface area contributed by atoms with Crippen LogP contribution in [0, 0.1) is 5.41 Å². The molecule has 1 aromatic heterocycles. The van der Waals surface area contributed by atoms with Crippen LogP contribution in [0.1, 0.15) is 31.2 Å². The highest BCUT2D eigenvalue weighted by atomic mass is 19.4. The summed E-state index contributed by atoms with van der Waals surface area (Å²) in [6, 6.07) is 4.10. The van der Waals surface area contributed by atoms with Gasteiger partial charge in [-0.25, -0.2) is 14.6 Å². The first-order chi connectivity index (χ1) is 16.1. The summed E-state index contributed by atoms with van der Waals surface area (Å²) in [5.74, 6) is -4.82. The van der Waals surface area contributed by atoms with Crippen molar-refractivity contribution in [3.05, 3.63) is 23.9 Å². The number of aromatic nitrogens is 1. The van der Waals surface area contributed by atoms with Gasteiger partial charge in [-0.3, -0.25) is 4.90 Å². The summed E-state index contributed by atoms with van der Waals surface area (Å²) in [5, 5.41) is 14.2. The minimum atomic E-state index is -5.08. The molecule has 0 aliphatic carbocycles. The second-order valence-electron chi connectivity index (χ2n) is 8.43. The van der Waals surface area contributed by atoms with E-state index in [9.17, 15) is 26.3 Å². The number of carboxylic acids is 2. The summed E-state index contributed by atoms with van der Waals surface area (Å²) in [6.07, 6.45) is -2.73. The van der Waals surface area contributed by atoms with Crippen molar-refractivity contribution in [2.75, 3.05) is 40.3 Å². The number of pyridine rings is 1. The topological polar surface area (TPSA) is 103 Å². The zero-order valence-electron chi connectivity index (χ0n) is 19.3. The quantitative estimate of drug-likeness (QED) is 0.586. The van der Waals surface area contributed by atoms with Crippen LogP contribution in [0.5, 0.6) is 5.88 Å². The van der Waals surface area contributed by atoms with Crippen molar-refractivity contribution in [1.29, 1.82) is 0 Å². The van der Waals surface area contributed by atoms with Crippen LogP contribution >= 0.6 is 0 Å². The Kier molecular flexibility index (Phi) is 11.2. The molecular formula is C21H29F6N3O5. The van der Waals surface area contributed by atoms with E-state index in [-0.39, 0.29) is 0 Å². The number of ether oxygens (including phenoxy) is 1. The Morgan fingerprint density at radius 3 is 1.91 bits per heavy atom. The number of likely N-dealkylation sites (tertiary alicyclic amines) is 2. The number of rotatable bonds is 3. The molecule has 2 aliphatic rings. The molecule has 0 atom stereocenters. The molecule has 2 aliphatic heterocycles. The van der Waals surface area contributed by atoms with Gasteiger partial charge in [-0.2, -0.15) is 26.3 Å². The highest BCUT2D eigenvalue weighted by molar-refractivity contribution is 5.73. The maximum absolute atomic E-state index is 10.6. The monoisotopic (exact) mass is 517 g/mol. The summed E-state index contributed by atoms with van der Waals surface area (Å²) in [6.45, 7) is 6.03. The van der Waals surface area contributed by atoms with E-state index >= 15 is 0 Å². The lowest BCUT2D eigenvalue weighted by Gasteiger charge is -2.47. The van der Waals surface area contributed by atoms with E-state index in [1.165, 1.54) is 57.4 Å². The number of hydrogen-bond donors (Lipinski definition) is 2. The molecule has 14 heteroatoms. The van der Waals surface area contributed by atoms with Gasteiger partial charge < -0.3 is 19.8 Å². The normalized spacial score (nSPS) is 18.5. The van der Waals surface area contributed by atoms with Crippen LogP contribution < -0.4 is 4.74 Å². The fraction of sp³-hybridized carbons (Fsp3) is 0.667. The predicted molar refractivity (Wildman–Crippen MR) is 112 cm³/mol. The van der Waals surface area contributed by atoms with Crippen LogP contribution in [0.4, 0.5) is 26.3 Å². The molecule has 0 unspecified atom stereocenters. The molecule has 35 heavy (non-hydrogen) atoms. The van der Waals surface area contributed by atoms with Gasteiger partial charge in [-0.05, 0) is 63.3 Å². The molecule has 0 saturated carbocycles. The first kappa shape index (κ1) is 30.4. The molecule has 0 bridgehead atoms. The molecule has 3 heterocycles. The average Bonchev–Trinajstić information content (AvgIpc) is 2.76. The maximum atomic E-state index is 10.6. The molecule has 0 radical (unpaired) electrons. The highest BCUT2D eigenvalue weighted by Crippen LogP contribution is 2.39. The zero-order valence-corrected chi connectivity index (χ0v) is 19.3. The minimum Gasteiger partial charge on any atom is -0.481 e. The van der Waals surface area contributed by atoms with Crippen LogP contribution in [-0.4, -0.2) is 89.6 Å². The van der Waals surface area contributed by atoms with Gasteiger partial charge in [0.05, 0.1) is 7.11 Å². The molecule has 2 fully saturated rings. The Morgan fingerprint density at radius 1 is 1.00 bits per heavy atom. The van der Waals surface area contributed by atoms with E-state index in [1.54, 1.807) is 7.11 Å². The number of carbonyl (C=O) groups is 2. The fourth-order valence-electron chi connectivity index (χ4n) is 3.83. The van der Waals surface area contributed by atoms with E-state index in [4.69, 9.17) is 24.5 Å². The van der Waals surface area contributed by atoms with Crippen molar-refractivity contribution >= 4 is 11.9 Å². The lowest BCUT2D eigenvalue weighted by atomic mass is 9.72. The Morgan fingerprint density at radius 2 is 1.51 bits per heavy atom. The molecule has 200 valence electrons. The number of carboxylic acid groups (broad SMARTS) is 2. The van der Waals surface area contributed by atoms with Crippen LogP contribution in [0.3, 0.4) is 0 Å². The third-order valence-electron chi connectivity index (χ3n) is 5.69. The van der Waals surface area contributed by atoms with E-state index in [0.29, 0.717) is 11.3 Å². The Hall–Kier alpha value is -2.61. The Balaban J connectivity index is 0.000000362. The highest BCUT2D eigenvalue weighted by Gasteiger charge is 2.39. The Bertz CT molecular complexity index is 785. The number of hydrogen-bond acceptors (Lipinski definition) is 6. The van der Waals surface area contributed by atoms with Gasteiger partial charge >= 0.3 is 24.3 Å². The third-order valence-corrected chi connectivity index (χ3v) is 5.69. The SMILES string of the molecule is COc1ccc(CN2CCCC3(CCN(C)CC3)C2)cn1.O=C(O)C(F)(F)F.O=C(O)C(F)(F)F. The first-order valence-electron chi connectivity index (χ1n) is 10.6. The zero-order chi connectivity index (χ0) is 26.9. The van der Waals surface area contributed by atoms with Crippen LogP contribution in [0.2, 0.25) is 0 Å². The van der Waals surface area contributed by atoms with Crippen molar-refractivity contribution in [1.82, 2.24) is 14.8 Å². The molecule has 2 N–H and O–H groups in total. The van der Waals surface area contributed by atoms with Crippen molar-refractivity contribution < 1.29 is 50.9 Å². The second kappa shape index (κ2) is 12.9. The smallest absolute Gasteiger partial charge is 0.481 e. The molecule has 2 saturated heterocycles. The van der Waals surface area contributed by atoms with E-state index in [2.05, 4.69) is 27.9 Å². The average molecular weight is 517 g/mol. The van der Waals surface area contributed by atoms with Crippen molar-refractivity contribution in [2.24, 2.45) is 5.41 Å². The van der Waals surface area contributed by atoms with Gasteiger partial charge in [0.25, 0.3) is 0 Å². The fourth-order valence-corrected chi connectivity index (χ4v) is 3.83. The predicted octanol–water partition coefficient (Wildman–Crippen LogP) is 3.66. The van der Waals surface area contributed by atoms with Gasteiger partial charge in [0, 0.05) is 25.4 Å². The minimum absolute atomic E-state index is 0.574. The summed E-state index contributed by atoms with van der Waals surface area (Å²) in [5.41, 5.74) is 1.87. The maximum Gasteiger partial charge on any atom is 0.490 e. The number of aliphatic carboxylic acids is 2. The van der Waals surface area contributed by atoms with Crippen LogP contribution in [0.25, 0.3) is 0 Å². The first-order valence-corrected chi connectivity index (χ1v) is 10.6. The largest absolute Gasteiger partial charge is 0.490 e. The number of nitrogens with zero attached hydrogens (tertiary/aromatic N) is 3. The second-order valence-corrected chi connectivity index (χ2v) is 8.43. The third kappa shape index (κ3) is 11.1. The Labute approximate surface area is 198 Å². The lowest BCUT2D eigenvalue weighted by Crippen LogP contribution is -2.48. The number of alkyl halides is 6. The van der Waals surface area contributed by atoms with Crippen molar-refractivity contribution in [3.8, 4) is 5.88 Å². The summed E-state index contributed by atoms with van der Waals surface area (Å²) < 4.78 is 68.6. The van der Waals surface area contributed by atoms with Gasteiger partial charge in [0.15, 0.2) is 0 Å². The van der Waals surface area contributed by atoms with Crippen LogP contribution in [-0.2, 0) is 16.1 Å². The van der Waals surface area contributed by atoms with Crippen molar-refractivity contribution in [3.63, 3.8) is 0 Å². The molecule has 1 spiro atoms. The molecule has 8 nitrogen and oxygen atoms in total. The summed E-state index contributed by atoms with van der Waals surface area (Å²) in [7, 11) is 3.91. The summed E-state index contributed by atoms with van der Waals surface area (Å²) in [4.78, 5) is 27.2. The van der Waals surface area contributed by atoms with Crippen LogP contribution in [0.15, 0.2) is 18.3 Å². The number of halogens is 6. The molecule has 0 aromatic carbocycles. The van der Waals surface area contributed by atoms with Gasteiger partial charge in [-0.15, -0.1) is 0 Å². The molecule has 3 rings (SSSR count). The van der Waals surface area contributed by atoms with Gasteiger partial charge in [0.1, 0.15) is 0 Å². The van der Waals surface area contributed by atoms with E-state index in [1.807, 2.05) is 12.3 Å². The molecule has 1 aromatic rings. The molecule has 0 amide bonds. The van der Waals surface area contributed by atoms with E-state index < -0.39 is 24.3 Å². The number of piperidine rings is 2. The molecular weight excluding hydrogens is 488 g/mol. The van der Waals surface area contributed by atoms with Gasteiger partial charge in [0.2, 0.25) is 5.88 Å². The van der Waals surface area contributed by atoms with Crippen molar-refractivity contribution in [2.45, 2.75) is 44.6 Å². The lowest BCUT2D eigenvalue weighted by molar-refractivity contribution is -0.193. The summed E-state index contributed by atoms with van der Waals surface area (Å²) >= 11 is 0. The van der Waals surface area contributed by atoms with E-state index in [0.717, 1.165) is 6.54 Å². The van der Waals surface area contributed by atoms with Gasteiger partial charge in [-0.1, -0.05) is 6.07 Å². The standard InChI is InChI=1S/C17H27N3O.2C2HF3O2/c1-19-10-7-17(8-11-19)6-3-9-20(14-17)13-15-4-5-16(21-2)18-12-15;2*3-2(4,5)1(6)7/h4-5,12H,3,6-11,13-14H2,1-2H3;2*(H,6,7). The number of methoxy groups -OCH3 is 1.